The third kappa shape index (κ3) is 2.45. The van der Waals surface area contributed by atoms with Gasteiger partial charge in [0.05, 0.1) is 0 Å². The Balaban J connectivity index is 1.43. The Morgan fingerprint density at radius 3 is 2.95 bits per heavy atom. The standard InChI is InChI=1S/C17H24N2O/c1-12-10-19(16(9-18-12)13-6-7-13)11-15-8-14-4-2-3-5-17(14)20-15/h2-5,12-13,15-16,18H,6-11H2,1H3. The van der Waals surface area contributed by atoms with E-state index in [2.05, 4.69) is 41.4 Å². The van der Waals surface area contributed by atoms with Crippen molar-refractivity contribution in [2.75, 3.05) is 19.6 Å². The van der Waals surface area contributed by atoms with E-state index in [0.29, 0.717) is 12.1 Å². The van der Waals surface area contributed by atoms with Crippen LogP contribution in [0.15, 0.2) is 24.3 Å². The van der Waals surface area contributed by atoms with Crippen LogP contribution in [0.4, 0.5) is 0 Å². The highest BCUT2D eigenvalue weighted by atomic mass is 16.5. The van der Waals surface area contributed by atoms with Gasteiger partial charge in [0.15, 0.2) is 0 Å². The van der Waals surface area contributed by atoms with Gasteiger partial charge in [0, 0.05) is 38.1 Å². The smallest absolute Gasteiger partial charge is 0.123 e. The number of rotatable bonds is 3. The van der Waals surface area contributed by atoms with Crippen LogP contribution in [0.5, 0.6) is 5.75 Å². The minimum absolute atomic E-state index is 0.346. The van der Waals surface area contributed by atoms with Crippen molar-refractivity contribution >= 4 is 0 Å². The number of fused-ring (bicyclic) bond motifs is 1. The monoisotopic (exact) mass is 272 g/mol. The number of ether oxygens (including phenoxy) is 1. The van der Waals surface area contributed by atoms with Crippen LogP contribution in [0.25, 0.3) is 0 Å². The average Bonchev–Trinajstić information content (AvgIpc) is 3.18. The van der Waals surface area contributed by atoms with Gasteiger partial charge in [0.25, 0.3) is 0 Å². The Kier molecular flexibility index (Phi) is 3.20. The van der Waals surface area contributed by atoms with Gasteiger partial charge in [-0.1, -0.05) is 18.2 Å². The summed E-state index contributed by atoms with van der Waals surface area (Å²) in [6.45, 7) is 5.70. The molecule has 108 valence electrons. The number of nitrogens with zero attached hydrogens (tertiary/aromatic N) is 1. The molecule has 1 N–H and O–H groups in total. The molecule has 4 rings (SSSR count). The second-order valence-corrected chi connectivity index (χ2v) is 6.72. The lowest BCUT2D eigenvalue weighted by Gasteiger charge is -2.40. The second-order valence-electron chi connectivity index (χ2n) is 6.72. The lowest BCUT2D eigenvalue weighted by molar-refractivity contribution is 0.0734. The minimum Gasteiger partial charge on any atom is -0.488 e. The van der Waals surface area contributed by atoms with Crippen LogP contribution in [-0.4, -0.2) is 42.7 Å². The summed E-state index contributed by atoms with van der Waals surface area (Å²) in [6.07, 6.45) is 4.26. The molecule has 0 aromatic heterocycles. The summed E-state index contributed by atoms with van der Waals surface area (Å²) in [6, 6.07) is 9.83. The molecule has 1 saturated heterocycles. The summed E-state index contributed by atoms with van der Waals surface area (Å²) < 4.78 is 6.13. The molecule has 3 aliphatic rings. The predicted octanol–water partition coefficient (Wildman–Crippen LogP) is 2.06. The van der Waals surface area contributed by atoms with Crippen LogP contribution in [0.2, 0.25) is 0 Å². The number of hydrogen-bond donors (Lipinski definition) is 1. The summed E-state index contributed by atoms with van der Waals surface area (Å²) in [5.41, 5.74) is 1.38. The van der Waals surface area contributed by atoms with Crippen molar-refractivity contribution < 1.29 is 4.74 Å². The molecule has 1 aromatic rings. The zero-order chi connectivity index (χ0) is 13.5. The summed E-state index contributed by atoms with van der Waals surface area (Å²) in [5.74, 6) is 2.03. The van der Waals surface area contributed by atoms with Crippen molar-refractivity contribution in [3.63, 3.8) is 0 Å². The van der Waals surface area contributed by atoms with E-state index in [9.17, 15) is 0 Å². The molecule has 1 aliphatic carbocycles. The van der Waals surface area contributed by atoms with Gasteiger partial charge in [0.1, 0.15) is 11.9 Å². The molecular formula is C17H24N2O. The number of para-hydroxylation sites is 1. The fourth-order valence-electron chi connectivity index (χ4n) is 3.78. The third-order valence-corrected chi connectivity index (χ3v) is 4.97. The van der Waals surface area contributed by atoms with E-state index >= 15 is 0 Å². The van der Waals surface area contributed by atoms with Crippen LogP contribution in [0.1, 0.15) is 25.3 Å². The number of nitrogens with one attached hydrogen (secondary N) is 1. The lowest BCUT2D eigenvalue weighted by Crippen LogP contribution is -2.58. The second kappa shape index (κ2) is 5.05. The van der Waals surface area contributed by atoms with Crippen molar-refractivity contribution in [2.24, 2.45) is 5.92 Å². The number of benzene rings is 1. The van der Waals surface area contributed by atoms with Gasteiger partial charge in [-0.05, 0) is 37.3 Å². The molecule has 3 unspecified atom stereocenters. The highest BCUT2D eigenvalue weighted by Crippen LogP contribution is 2.37. The Bertz CT molecular complexity index is 461. The summed E-state index contributed by atoms with van der Waals surface area (Å²) in [7, 11) is 0. The van der Waals surface area contributed by atoms with Gasteiger partial charge in [-0.25, -0.2) is 0 Å². The Morgan fingerprint density at radius 2 is 2.15 bits per heavy atom. The van der Waals surface area contributed by atoms with Crippen molar-refractivity contribution in [2.45, 2.75) is 44.4 Å². The summed E-state index contributed by atoms with van der Waals surface area (Å²) in [4.78, 5) is 2.69. The molecule has 20 heavy (non-hydrogen) atoms. The van der Waals surface area contributed by atoms with Crippen LogP contribution >= 0.6 is 0 Å². The van der Waals surface area contributed by atoms with E-state index in [4.69, 9.17) is 4.74 Å². The van der Waals surface area contributed by atoms with Crippen LogP contribution in [0.3, 0.4) is 0 Å². The molecule has 3 atom stereocenters. The number of piperazine rings is 1. The topological polar surface area (TPSA) is 24.5 Å². The van der Waals surface area contributed by atoms with E-state index in [1.807, 2.05) is 0 Å². The van der Waals surface area contributed by atoms with Crippen molar-refractivity contribution in [1.82, 2.24) is 10.2 Å². The first-order chi connectivity index (χ1) is 9.79. The fourth-order valence-corrected chi connectivity index (χ4v) is 3.78. The number of hydrogen-bond acceptors (Lipinski definition) is 3. The molecule has 2 fully saturated rings. The van der Waals surface area contributed by atoms with Crippen LogP contribution in [-0.2, 0) is 6.42 Å². The molecule has 0 spiro atoms. The molecule has 0 radical (unpaired) electrons. The molecule has 2 heterocycles. The first-order valence-electron chi connectivity index (χ1n) is 8.01. The largest absolute Gasteiger partial charge is 0.488 e. The maximum Gasteiger partial charge on any atom is 0.123 e. The zero-order valence-corrected chi connectivity index (χ0v) is 12.2. The van der Waals surface area contributed by atoms with Gasteiger partial charge in [0.2, 0.25) is 0 Å². The van der Waals surface area contributed by atoms with Crippen molar-refractivity contribution in [3.05, 3.63) is 29.8 Å². The van der Waals surface area contributed by atoms with Gasteiger partial charge < -0.3 is 10.1 Å². The predicted molar refractivity (Wildman–Crippen MR) is 80.1 cm³/mol. The molecule has 0 bridgehead atoms. The maximum atomic E-state index is 6.13. The summed E-state index contributed by atoms with van der Waals surface area (Å²) in [5, 5.41) is 3.64. The van der Waals surface area contributed by atoms with E-state index in [0.717, 1.165) is 43.8 Å². The highest BCUT2D eigenvalue weighted by Gasteiger charge is 2.39. The van der Waals surface area contributed by atoms with Crippen molar-refractivity contribution in [1.29, 1.82) is 0 Å². The zero-order valence-electron chi connectivity index (χ0n) is 12.2. The molecule has 0 amide bonds. The lowest BCUT2D eigenvalue weighted by atomic mass is 10.0. The van der Waals surface area contributed by atoms with E-state index < -0.39 is 0 Å². The molecule has 3 heteroatoms. The molecule has 2 aliphatic heterocycles. The molecule has 1 saturated carbocycles. The van der Waals surface area contributed by atoms with E-state index in [-0.39, 0.29) is 0 Å². The minimum atomic E-state index is 0.346. The van der Waals surface area contributed by atoms with Crippen LogP contribution < -0.4 is 10.1 Å². The van der Waals surface area contributed by atoms with Gasteiger partial charge in [-0.2, -0.15) is 0 Å². The van der Waals surface area contributed by atoms with Gasteiger partial charge in [-0.3, -0.25) is 4.90 Å². The quantitative estimate of drug-likeness (QED) is 0.911. The first kappa shape index (κ1) is 12.7. The van der Waals surface area contributed by atoms with Gasteiger partial charge >= 0.3 is 0 Å². The Hall–Kier alpha value is -1.06. The van der Waals surface area contributed by atoms with Crippen molar-refractivity contribution in [3.8, 4) is 5.75 Å². The normalized spacial score (nSPS) is 33.8. The molecular weight excluding hydrogens is 248 g/mol. The van der Waals surface area contributed by atoms with E-state index in [1.54, 1.807) is 0 Å². The molecule has 1 aromatic carbocycles. The third-order valence-electron chi connectivity index (χ3n) is 4.97. The molecule has 3 nitrogen and oxygen atoms in total. The Labute approximate surface area is 121 Å². The maximum absolute atomic E-state index is 6.13. The first-order valence-corrected chi connectivity index (χ1v) is 8.01. The highest BCUT2D eigenvalue weighted by molar-refractivity contribution is 5.37. The van der Waals surface area contributed by atoms with E-state index in [1.165, 1.54) is 18.4 Å². The average molecular weight is 272 g/mol. The summed E-state index contributed by atoms with van der Waals surface area (Å²) >= 11 is 0. The SMILES string of the molecule is CC1CN(CC2Cc3ccccc3O2)C(C2CC2)CN1. The Morgan fingerprint density at radius 1 is 1.30 bits per heavy atom. The van der Waals surface area contributed by atoms with Crippen LogP contribution in [0, 0.1) is 5.92 Å². The fraction of sp³-hybridized carbons (Fsp3) is 0.647. The van der Waals surface area contributed by atoms with Gasteiger partial charge in [-0.15, -0.1) is 0 Å².